The molecule has 1 N–H and O–H groups in total. The van der Waals surface area contributed by atoms with Gasteiger partial charge in [-0.05, 0) is 75.2 Å². The van der Waals surface area contributed by atoms with Crippen LogP contribution in [0.5, 0.6) is 0 Å². The molecule has 0 spiro atoms. The van der Waals surface area contributed by atoms with Crippen molar-refractivity contribution in [1.29, 1.82) is 0 Å². The molecular formula is C26H36N4O. The summed E-state index contributed by atoms with van der Waals surface area (Å²) in [5.41, 5.74) is 4.41. The first kappa shape index (κ1) is 21.8. The molecule has 0 aliphatic carbocycles. The number of nitrogens with zero attached hydrogens (tertiary/aromatic N) is 3. The molecule has 0 atom stereocenters. The van der Waals surface area contributed by atoms with E-state index in [1.807, 2.05) is 12.1 Å². The highest BCUT2D eigenvalue weighted by Crippen LogP contribution is 2.18. The molecule has 2 heterocycles. The fraction of sp³-hybridized carbons (Fsp3) is 0.500. The Morgan fingerprint density at radius 1 is 0.839 bits per heavy atom. The number of benzene rings is 2. The predicted molar refractivity (Wildman–Crippen MR) is 127 cm³/mol. The smallest absolute Gasteiger partial charge is 0.251 e. The number of hydrogen-bond acceptors (Lipinski definition) is 4. The van der Waals surface area contributed by atoms with Crippen LogP contribution in [0, 0.1) is 0 Å². The third kappa shape index (κ3) is 5.86. The fourth-order valence-corrected chi connectivity index (χ4v) is 4.57. The van der Waals surface area contributed by atoms with Gasteiger partial charge in [0.2, 0.25) is 0 Å². The Morgan fingerprint density at radius 3 is 2.06 bits per heavy atom. The molecule has 166 valence electrons. The average molecular weight is 421 g/mol. The van der Waals surface area contributed by atoms with E-state index in [0.717, 1.165) is 43.9 Å². The number of rotatable bonds is 7. The summed E-state index contributed by atoms with van der Waals surface area (Å²) < 4.78 is 0. The van der Waals surface area contributed by atoms with E-state index in [4.69, 9.17) is 0 Å². The van der Waals surface area contributed by atoms with Gasteiger partial charge in [-0.3, -0.25) is 14.6 Å². The predicted octanol–water partition coefficient (Wildman–Crippen LogP) is 3.74. The first-order valence-corrected chi connectivity index (χ1v) is 11.8. The van der Waals surface area contributed by atoms with E-state index in [1.54, 1.807) is 0 Å². The summed E-state index contributed by atoms with van der Waals surface area (Å²) in [4.78, 5) is 20.0. The van der Waals surface area contributed by atoms with Gasteiger partial charge in [-0.15, -0.1) is 0 Å². The van der Waals surface area contributed by atoms with E-state index in [-0.39, 0.29) is 5.91 Å². The zero-order valence-corrected chi connectivity index (χ0v) is 19.0. The second-order valence-corrected chi connectivity index (χ2v) is 9.15. The molecule has 2 saturated heterocycles. The van der Waals surface area contributed by atoms with Gasteiger partial charge in [0.1, 0.15) is 0 Å². The number of amides is 1. The molecular weight excluding hydrogens is 384 g/mol. The minimum Gasteiger partial charge on any atom is -0.369 e. The lowest BCUT2D eigenvalue weighted by Crippen LogP contribution is -2.48. The SMILES string of the molecule is CC(C)N1CCN(c2ccc(C(=O)NCc3ccc(CN4CCCC4)cc3)cc2)CC1. The largest absolute Gasteiger partial charge is 0.369 e. The summed E-state index contributed by atoms with van der Waals surface area (Å²) in [7, 11) is 0. The highest BCUT2D eigenvalue weighted by molar-refractivity contribution is 5.94. The monoisotopic (exact) mass is 420 g/mol. The van der Waals surface area contributed by atoms with E-state index < -0.39 is 0 Å². The number of nitrogens with one attached hydrogen (secondary N) is 1. The van der Waals surface area contributed by atoms with Crippen LogP contribution in [0.25, 0.3) is 0 Å². The van der Waals surface area contributed by atoms with Crippen molar-refractivity contribution in [3.8, 4) is 0 Å². The van der Waals surface area contributed by atoms with Gasteiger partial charge in [0.25, 0.3) is 5.91 Å². The van der Waals surface area contributed by atoms with Crippen molar-refractivity contribution in [2.45, 2.75) is 45.8 Å². The van der Waals surface area contributed by atoms with Crippen molar-refractivity contribution < 1.29 is 4.79 Å². The Morgan fingerprint density at radius 2 is 1.45 bits per heavy atom. The molecule has 5 heteroatoms. The first-order valence-electron chi connectivity index (χ1n) is 11.8. The Balaban J connectivity index is 1.25. The number of hydrogen-bond donors (Lipinski definition) is 1. The van der Waals surface area contributed by atoms with Gasteiger partial charge in [0.05, 0.1) is 0 Å². The van der Waals surface area contributed by atoms with Crippen molar-refractivity contribution >= 4 is 11.6 Å². The van der Waals surface area contributed by atoms with Crippen molar-refractivity contribution in [2.24, 2.45) is 0 Å². The van der Waals surface area contributed by atoms with Gasteiger partial charge in [0, 0.05) is 56.6 Å². The summed E-state index contributed by atoms with van der Waals surface area (Å²) in [6.07, 6.45) is 2.64. The second-order valence-electron chi connectivity index (χ2n) is 9.15. The molecule has 0 bridgehead atoms. The van der Waals surface area contributed by atoms with Gasteiger partial charge < -0.3 is 10.2 Å². The maximum atomic E-state index is 12.6. The molecule has 2 aromatic rings. The van der Waals surface area contributed by atoms with E-state index in [2.05, 4.69) is 70.3 Å². The quantitative estimate of drug-likeness (QED) is 0.741. The van der Waals surface area contributed by atoms with Crippen molar-refractivity contribution in [1.82, 2.24) is 15.1 Å². The van der Waals surface area contributed by atoms with Crippen LogP contribution < -0.4 is 10.2 Å². The minimum atomic E-state index is -0.0164. The van der Waals surface area contributed by atoms with Crippen molar-refractivity contribution in [2.75, 3.05) is 44.2 Å². The summed E-state index contributed by atoms with van der Waals surface area (Å²) in [6, 6.07) is 17.3. The third-order valence-corrected chi connectivity index (χ3v) is 6.62. The van der Waals surface area contributed by atoms with Crippen LogP contribution >= 0.6 is 0 Å². The summed E-state index contributed by atoms with van der Waals surface area (Å²) in [5, 5.41) is 3.06. The highest BCUT2D eigenvalue weighted by atomic mass is 16.1. The molecule has 5 nitrogen and oxygen atoms in total. The average Bonchev–Trinajstić information content (AvgIpc) is 3.32. The fourth-order valence-electron chi connectivity index (χ4n) is 4.57. The lowest BCUT2D eigenvalue weighted by molar-refractivity contribution is 0.0951. The van der Waals surface area contributed by atoms with Crippen LogP contribution in [0.1, 0.15) is 48.2 Å². The van der Waals surface area contributed by atoms with Crippen molar-refractivity contribution in [3.63, 3.8) is 0 Å². The third-order valence-electron chi connectivity index (χ3n) is 6.62. The number of carbonyl (C=O) groups is 1. The second kappa shape index (κ2) is 10.3. The Kier molecular flexibility index (Phi) is 7.25. The minimum absolute atomic E-state index is 0.0164. The van der Waals surface area contributed by atoms with Crippen LogP contribution in [0.3, 0.4) is 0 Å². The molecule has 0 aromatic heterocycles. The maximum Gasteiger partial charge on any atom is 0.251 e. The molecule has 4 rings (SSSR count). The Labute approximate surface area is 187 Å². The lowest BCUT2D eigenvalue weighted by Gasteiger charge is -2.38. The molecule has 0 unspecified atom stereocenters. The van der Waals surface area contributed by atoms with Gasteiger partial charge >= 0.3 is 0 Å². The normalized spacial score (nSPS) is 18.0. The summed E-state index contributed by atoms with van der Waals surface area (Å²) in [5.74, 6) is -0.0164. The molecule has 31 heavy (non-hydrogen) atoms. The zero-order chi connectivity index (χ0) is 21.6. The summed E-state index contributed by atoms with van der Waals surface area (Å²) >= 11 is 0. The van der Waals surface area contributed by atoms with Crippen LogP contribution in [-0.4, -0.2) is 61.0 Å². The Bertz CT molecular complexity index is 833. The van der Waals surface area contributed by atoms with E-state index >= 15 is 0 Å². The number of likely N-dealkylation sites (tertiary alicyclic amines) is 1. The zero-order valence-electron chi connectivity index (χ0n) is 19.0. The topological polar surface area (TPSA) is 38.8 Å². The molecule has 2 fully saturated rings. The Hall–Kier alpha value is -2.37. The van der Waals surface area contributed by atoms with Gasteiger partial charge in [0.15, 0.2) is 0 Å². The standard InChI is InChI=1S/C26H36N4O/c1-21(2)29-15-17-30(18-16-29)25-11-9-24(10-12-25)26(31)27-19-22-5-7-23(8-6-22)20-28-13-3-4-14-28/h5-12,21H,3-4,13-20H2,1-2H3,(H,27,31). The van der Waals surface area contributed by atoms with Crippen LogP contribution in [-0.2, 0) is 13.1 Å². The molecule has 0 radical (unpaired) electrons. The molecule has 1 amide bonds. The van der Waals surface area contributed by atoms with Gasteiger partial charge in [-0.25, -0.2) is 0 Å². The maximum absolute atomic E-state index is 12.6. The number of anilines is 1. The van der Waals surface area contributed by atoms with Gasteiger partial charge in [-0.2, -0.15) is 0 Å². The molecule has 2 aliphatic heterocycles. The summed E-state index contributed by atoms with van der Waals surface area (Å²) in [6.45, 7) is 12.8. The van der Waals surface area contributed by atoms with Crippen LogP contribution in [0.2, 0.25) is 0 Å². The first-order chi connectivity index (χ1) is 15.1. The van der Waals surface area contributed by atoms with Crippen LogP contribution in [0.15, 0.2) is 48.5 Å². The van der Waals surface area contributed by atoms with E-state index in [0.29, 0.717) is 12.6 Å². The van der Waals surface area contributed by atoms with E-state index in [9.17, 15) is 4.79 Å². The molecule has 2 aromatic carbocycles. The van der Waals surface area contributed by atoms with Crippen molar-refractivity contribution in [3.05, 3.63) is 65.2 Å². The van der Waals surface area contributed by atoms with E-state index in [1.165, 1.54) is 37.2 Å². The van der Waals surface area contributed by atoms with Gasteiger partial charge in [-0.1, -0.05) is 24.3 Å². The highest BCUT2D eigenvalue weighted by Gasteiger charge is 2.19. The van der Waals surface area contributed by atoms with Crippen LogP contribution in [0.4, 0.5) is 5.69 Å². The molecule has 2 aliphatic rings. The molecule has 0 saturated carbocycles. The lowest BCUT2D eigenvalue weighted by atomic mass is 10.1. The number of carbonyl (C=O) groups excluding carboxylic acids is 1. The number of piperazine rings is 1.